The molecule has 0 saturated carbocycles. The number of hydrogen-bond donors (Lipinski definition) is 0. The molecule has 12 rings (SSSR count). The van der Waals surface area contributed by atoms with Crippen molar-refractivity contribution in [3.05, 3.63) is 279 Å². The summed E-state index contributed by atoms with van der Waals surface area (Å²) in [5.41, 5.74) is 1.71. The average Bonchev–Trinajstić information content (AvgIpc) is 3.42. The van der Waals surface area contributed by atoms with Gasteiger partial charge in [-0.1, -0.05) is 217 Å². The van der Waals surface area contributed by atoms with E-state index in [-0.39, 0.29) is 44.8 Å². The van der Waals surface area contributed by atoms with E-state index in [0.717, 1.165) is 32.7 Å². The maximum Gasteiger partial charge on any atom is 1.00 e. The van der Waals surface area contributed by atoms with Crippen molar-refractivity contribution in [2.24, 2.45) is 0 Å². The molecule has 0 bridgehead atoms. The smallest absolute Gasteiger partial charge is 0.366 e. The first-order valence-electron chi connectivity index (χ1n) is 23.1. The largest absolute Gasteiger partial charge is 1.00 e. The van der Waals surface area contributed by atoms with Crippen molar-refractivity contribution in [3.63, 3.8) is 0 Å². The van der Waals surface area contributed by atoms with Crippen molar-refractivity contribution >= 4 is 102 Å². The topological polar surface area (TPSA) is 0 Å². The van der Waals surface area contributed by atoms with Crippen molar-refractivity contribution in [3.8, 4) is 11.8 Å². The van der Waals surface area contributed by atoms with E-state index >= 15 is 0 Å². The third-order valence-corrected chi connectivity index (χ3v) is 19.1. The van der Waals surface area contributed by atoms with Crippen LogP contribution in [0.25, 0.3) is 64.6 Å². The molecule has 0 fully saturated rings. The van der Waals surface area contributed by atoms with Crippen LogP contribution in [0.4, 0.5) is 0 Å². The fourth-order valence-corrected chi connectivity index (χ4v) is 16.3. The first kappa shape index (κ1) is 50.1. The molecular formula is C66H48Ag2P2+2. The minimum atomic E-state index is -0.961. The second-order valence-corrected chi connectivity index (χ2v) is 22.0. The van der Waals surface area contributed by atoms with Crippen LogP contribution in [-0.4, -0.2) is 12.3 Å². The van der Waals surface area contributed by atoms with Crippen molar-refractivity contribution < 1.29 is 44.8 Å². The fraction of sp³-hybridized carbons (Fsp3) is 0.0303. The van der Waals surface area contributed by atoms with Crippen LogP contribution in [0.1, 0.15) is 11.1 Å². The van der Waals surface area contributed by atoms with Gasteiger partial charge in [-0.25, -0.2) is 0 Å². The van der Waals surface area contributed by atoms with Gasteiger partial charge < -0.3 is 12.8 Å². The molecular weight excluding hydrogens is 1070 g/mol. The molecule has 0 aliphatic heterocycles. The van der Waals surface area contributed by atoms with Gasteiger partial charge in [-0.3, -0.25) is 11.8 Å². The van der Waals surface area contributed by atoms with E-state index in [1.807, 2.05) is 72.8 Å². The van der Waals surface area contributed by atoms with E-state index in [2.05, 4.69) is 194 Å². The van der Waals surface area contributed by atoms with Crippen molar-refractivity contribution in [1.82, 2.24) is 0 Å². The molecule has 0 N–H and O–H groups in total. The van der Waals surface area contributed by atoms with Gasteiger partial charge in [0.1, 0.15) is 22.9 Å². The number of rotatable bonds is 7. The summed E-state index contributed by atoms with van der Waals surface area (Å²) in [4.78, 5) is 0. The van der Waals surface area contributed by atoms with Gasteiger partial charge in [0, 0.05) is 10.8 Å². The summed E-state index contributed by atoms with van der Waals surface area (Å²) in [6.07, 6.45) is 17.1. The summed E-state index contributed by atoms with van der Waals surface area (Å²) in [6.45, 7) is 0. The Hall–Kier alpha value is -6.34. The van der Waals surface area contributed by atoms with Crippen LogP contribution in [0.15, 0.2) is 255 Å². The quantitative estimate of drug-likeness (QED) is 0.0491. The predicted molar refractivity (Wildman–Crippen MR) is 301 cm³/mol. The van der Waals surface area contributed by atoms with E-state index in [1.54, 1.807) is 0 Å². The molecule has 342 valence electrons. The molecule has 0 spiro atoms. The van der Waals surface area contributed by atoms with Crippen LogP contribution in [0.5, 0.6) is 0 Å². The molecule has 0 aromatic heterocycles. The van der Waals surface area contributed by atoms with Gasteiger partial charge in [-0.15, -0.1) is 23.3 Å². The maximum atomic E-state index is 7.35. The SMILES string of the molecule is [Ag+].[Ag+].[C-]#Cc1cc2ccccc2c2ccccc12.[C-]#Cc1cc2ccccc2c2ccccc12.c1ccc([PH+](CC[PH+](c2ccccc2)c2cccc3ccccc23)c2cccc3ccccc23)cc1. The zero-order valence-electron chi connectivity index (χ0n) is 38.3. The number of benzene rings is 12. The Morgan fingerprint density at radius 1 is 0.271 bits per heavy atom. The summed E-state index contributed by atoms with van der Waals surface area (Å²) in [7, 11) is -1.92. The summed E-state index contributed by atoms with van der Waals surface area (Å²) >= 11 is 0. The molecule has 0 aliphatic carbocycles. The van der Waals surface area contributed by atoms with E-state index in [1.165, 1.54) is 76.6 Å². The summed E-state index contributed by atoms with van der Waals surface area (Å²) in [6, 6.07) is 90.9. The molecule has 2 unspecified atom stereocenters. The van der Waals surface area contributed by atoms with Crippen molar-refractivity contribution in [2.45, 2.75) is 0 Å². The zero-order valence-corrected chi connectivity index (χ0v) is 43.2. The maximum absolute atomic E-state index is 7.35. The number of hydrogen-bond acceptors (Lipinski definition) is 0. The molecule has 0 aliphatic rings. The molecule has 0 amide bonds. The average molecular weight is 1120 g/mol. The Morgan fingerprint density at radius 2 is 0.557 bits per heavy atom. The van der Waals surface area contributed by atoms with Gasteiger partial charge in [-0.05, 0) is 79.5 Å². The summed E-state index contributed by atoms with van der Waals surface area (Å²) in [5, 5.41) is 21.0. The van der Waals surface area contributed by atoms with Crippen molar-refractivity contribution in [1.29, 1.82) is 0 Å². The van der Waals surface area contributed by atoms with Crippen LogP contribution in [0.2, 0.25) is 0 Å². The van der Waals surface area contributed by atoms with E-state index in [4.69, 9.17) is 12.8 Å². The Labute approximate surface area is 445 Å². The van der Waals surface area contributed by atoms with Crippen LogP contribution in [0, 0.1) is 24.7 Å². The first-order valence-corrected chi connectivity index (χ1v) is 26.5. The molecule has 0 saturated heterocycles. The Kier molecular flexibility index (Phi) is 17.2. The molecule has 12 aromatic rings. The molecule has 4 heteroatoms. The zero-order chi connectivity index (χ0) is 46.1. The van der Waals surface area contributed by atoms with Gasteiger partial charge in [0.15, 0.2) is 0 Å². The third-order valence-electron chi connectivity index (χ3n) is 12.9. The molecule has 70 heavy (non-hydrogen) atoms. The Morgan fingerprint density at radius 3 is 0.929 bits per heavy atom. The molecule has 0 heterocycles. The van der Waals surface area contributed by atoms with Crippen molar-refractivity contribution in [2.75, 3.05) is 12.3 Å². The predicted octanol–water partition coefficient (Wildman–Crippen LogP) is 14.9. The van der Waals surface area contributed by atoms with Gasteiger partial charge in [0.2, 0.25) is 0 Å². The van der Waals surface area contributed by atoms with Crippen LogP contribution >= 0.6 is 15.8 Å². The minimum absolute atomic E-state index is 0. The van der Waals surface area contributed by atoms with Crippen LogP contribution in [-0.2, 0) is 44.8 Å². The summed E-state index contributed by atoms with van der Waals surface area (Å²) in [5.74, 6) is 5.02. The molecule has 0 nitrogen and oxygen atoms in total. The van der Waals surface area contributed by atoms with E-state index < -0.39 is 15.8 Å². The van der Waals surface area contributed by atoms with Gasteiger partial charge in [0.05, 0.1) is 26.5 Å². The summed E-state index contributed by atoms with van der Waals surface area (Å²) < 4.78 is 0. The third kappa shape index (κ3) is 10.8. The molecule has 12 aromatic carbocycles. The normalized spacial score (nSPS) is 11.5. The standard InChI is InChI=1S/C34H28P2.2C16H9.2Ag/c1-3-17-29(18-4-1)35(33-23-11-15-27-13-7-9-21-31(27)33)25-26-36(30-19-5-2-6-20-30)34-24-12-16-28-14-8-10-22-32(28)34;2*1-2-12-11-13-7-3-4-9-15(13)16-10-6-5-8-14(12)16;;/h1-24H,25-26H2;2*3-11H;;/q;2*-1;2*+1/p+2. The van der Waals surface area contributed by atoms with E-state index in [9.17, 15) is 0 Å². The Balaban J connectivity index is 0.000000160. The molecule has 2 atom stereocenters. The van der Waals surface area contributed by atoms with Gasteiger partial charge in [-0.2, -0.15) is 0 Å². The fourth-order valence-electron chi connectivity index (χ4n) is 9.69. The second-order valence-electron chi connectivity index (χ2n) is 16.9. The van der Waals surface area contributed by atoms with Crippen LogP contribution in [0.3, 0.4) is 0 Å². The number of fused-ring (bicyclic) bond motifs is 8. The van der Waals surface area contributed by atoms with Gasteiger partial charge >= 0.3 is 44.8 Å². The minimum Gasteiger partial charge on any atom is -0.366 e. The second kappa shape index (κ2) is 24.0. The monoisotopic (exact) mass is 1120 g/mol. The van der Waals surface area contributed by atoms with Crippen LogP contribution < -0.4 is 21.2 Å². The van der Waals surface area contributed by atoms with E-state index in [0.29, 0.717) is 0 Å². The Bertz CT molecular complexity index is 3540. The van der Waals surface area contributed by atoms with Gasteiger partial charge in [0.25, 0.3) is 0 Å². The molecule has 0 radical (unpaired) electrons. The first-order chi connectivity index (χ1) is 33.7.